The van der Waals surface area contributed by atoms with Crippen molar-refractivity contribution < 1.29 is 9.90 Å². The van der Waals surface area contributed by atoms with Gasteiger partial charge in [0.2, 0.25) is 0 Å². The van der Waals surface area contributed by atoms with Crippen molar-refractivity contribution in [3.63, 3.8) is 0 Å². The second-order valence-electron chi connectivity index (χ2n) is 7.06. The third kappa shape index (κ3) is 4.80. The minimum atomic E-state index is -0.926. The third-order valence-corrected chi connectivity index (χ3v) is 6.33. The maximum Gasteiger partial charge on any atom is 0.337 e. The zero-order valence-electron chi connectivity index (χ0n) is 16.9. The Kier molecular flexibility index (Phi) is 6.93. The van der Waals surface area contributed by atoms with Gasteiger partial charge in [-0.15, -0.1) is 11.3 Å². The van der Waals surface area contributed by atoms with Gasteiger partial charge in [-0.05, 0) is 49.6 Å². The summed E-state index contributed by atoms with van der Waals surface area (Å²) >= 11 is 7.89. The van der Waals surface area contributed by atoms with Gasteiger partial charge >= 0.3 is 5.97 Å². The van der Waals surface area contributed by atoms with Crippen molar-refractivity contribution in [3.05, 3.63) is 74.5 Å². The van der Waals surface area contributed by atoms with Crippen molar-refractivity contribution in [2.45, 2.75) is 46.6 Å². The molecule has 0 spiro atoms. The van der Waals surface area contributed by atoms with Crippen LogP contribution >= 0.6 is 22.9 Å². The Hall–Kier alpha value is -2.37. The fraction of sp³-hybridized carbons (Fsp3) is 0.304. The van der Waals surface area contributed by atoms with Gasteiger partial charge in [0.1, 0.15) is 5.82 Å². The number of unbranched alkanes of at least 4 members (excludes halogenated alkanes) is 1. The minimum Gasteiger partial charge on any atom is -0.478 e. The molecular formula is C23H25ClN2O2S. The van der Waals surface area contributed by atoms with Crippen LogP contribution in [0.2, 0.25) is 5.02 Å². The summed E-state index contributed by atoms with van der Waals surface area (Å²) in [6, 6.07) is 11.6. The molecule has 0 fully saturated rings. The standard InChI is InChI=1S/C23H25ClN2O2S/c1-4-5-10-21-25-13-19(26(21)14-17-8-6-7-9-18(17)24)16(3)22(23(27)28)20-12-11-15(2)29-20/h6-9,11-13H,4-5,10,14H2,1-3H3,(H,27,28)/b22-16-. The summed E-state index contributed by atoms with van der Waals surface area (Å²) in [4.78, 5) is 18.6. The van der Waals surface area contributed by atoms with Gasteiger partial charge in [-0.25, -0.2) is 9.78 Å². The smallest absolute Gasteiger partial charge is 0.337 e. The summed E-state index contributed by atoms with van der Waals surface area (Å²) in [5.74, 6) is 0.0261. The Morgan fingerprint density at radius 1 is 1.24 bits per heavy atom. The molecule has 2 aromatic heterocycles. The zero-order valence-corrected chi connectivity index (χ0v) is 18.5. The summed E-state index contributed by atoms with van der Waals surface area (Å²) in [6.45, 7) is 6.55. The molecule has 3 aromatic rings. The third-order valence-electron chi connectivity index (χ3n) is 4.94. The monoisotopic (exact) mass is 428 g/mol. The highest BCUT2D eigenvalue weighted by molar-refractivity contribution is 7.13. The highest BCUT2D eigenvalue weighted by Gasteiger charge is 2.21. The van der Waals surface area contributed by atoms with Gasteiger partial charge in [-0.3, -0.25) is 0 Å². The lowest BCUT2D eigenvalue weighted by molar-refractivity contribution is -0.130. The van der Waals surface area contributed by atoms with Crippen molar-refractivity contribution in [1.82, 2.24) is 9.55 Å². The SMILES string of the molecule is CCCCc1ncc(/C(C)=C(\C(=O)O)c2ccc(C)s2)n1Cc1ccccc1Cl. The molecule has 0 amide bonds. The number of aliphatic carboxylic acids is 1. The molecule has 0 aliphatic carbocycles. The van der Waals surface area contributed by atoms with Gasteiger partial charge in [-0.2, -0.15) is 0 Å². The fourth-order valence-electron chi connectivity index (χ4n) is 3.37. The first-order valence-electron chi connectivity index (χ1n) is 9.71. The molecule has 0 bridgehead atoms. The molecule has 0 radical (unpaired) electrons. The Labute approximate surface area is 180 Å². The molecule has 1 aromatic carbocycles. The molecule has 29 heavy (non-hydrogen) atoms. The maximum atomic E-state index is 12.1. The summed E-state index contributed by atoms with van der Waals surface area (Å²) in [7, 11) is 0. The fourth-order valence-corrected chi connectivity index (χ4v) is 4.53. The zero-order chi connectivity index (χ0) is 21.0. The molecule has 1 N–H and O–H groups in total. The van der Waals surface area contributed by atoms with Crippen LogP contribution in [0.25, 0.3) is 11.1 Å². The number of thiophene rings is 1. The maximum absolute atomic E-state index is 12.1. The quantitative estimate of drug-likeness (QED) is 0.427. The number of carboxylic acids is 1. The van der Waals surface area contributed by atoms with Crippen LogP contribution in [0, 0.1) is 6.92 Å². The molecule has 2 heterocycles. The van der Waals surface area contributed by atoms with Crippen LogP contribution in [0.1, 0.15) is 53.5 Å². The van der Waals surface area contributed by atoms with Crippen LogP contribution in [0.3, 0.4) is 0 Å². The molecule has 3 rings (SSSR count). The highest BCUT2D eigenvalue weighted by Crippen LogP contribution is 2.32. The van der Waals surface area contributed by atoms with Gasteiger partial charge in [0.05, 0.1) is 24.0 Å². The van der Waals surface area contributed by atoms with E-state index < -0.39 is 5.97 Å². The average Bonchev–Trinajstić information content (AvgIpc) is 3.28. The number of nitrogens with zero attached hydrogens (tertiary/aromatic N) is 2. The molecule has 0 saturated carbocycles. The van der Waals surface area contributed by atoms with Crippen LogP contribution in [0.5, 0.6) is 0 Å². The summed E-state index contributed by atoms with van der Waals surface area (Å²) < 4.78 is 2.11. The number of halogens is 1. The first-order chi connectivity index (χ1) is 13.9. The first kappa shape index (κ1) is 21.3. The Bertz CT molecular complexity index is 1050. The molecule has 0 unspecified atom stereocenters. The normalized spacial score (nSPS) is 12.1. The molecule has 0 saturated heterocycles. The van der Waals surface area contributed by atoms with E-state index in [2.05, 4.69) is 16.5 Å². The largest absolute Gasteiger partial charge is 0.478 e. The van der Waals surface area contributed by atoms with E-state index in [0.29, 0.717) is 22.7 Å². The highest BCUT2D eigenvalue weighted by atomic mass is 35.5. The van der Waals surface area contributed by atoms with Gasteiger partial charge in [0, 0.05) is 21.2 Å². The molecule has 0 aliphatic rings. The van der Waals surface area contributed by atoms with Gasteiger partial charge in [-0.1, -0.05) is 43.1 Å². The van der Waals surface area contributed by atoms with Crippen molar-refractivity contribution >= 4 is 40.1 Å². The number of aromatic nitrogens is 2. The number of carbonyl (C=O) groups is 1. The first-order valence-corrected chi connectivity index (χ1v) is 10.9. The second kappa shape index (κ2) is 9.42. The van der Waals surface area contributed by atoms with Crippen molar-refractivity contribution in [2.24, 2.45) is 0 Å². The van der Waals surface area contributed by atoms with E-state index in [0.717, 1.165) is 46.1 Å². The lowest BCUT2D eigenvalue weighted by Crippen LogP contribution is -2.10. The lowest BCUT2D eigenvalue weighted by Gasteiger charge is -2.15. The van der Waals surface area contributed by atoms with Crippen molar-refractivity contribution in [1.29, 1.82) is 0 Å². The van der Waals surface area contributed by atoms with Crippen molar-refractivity contribution in [3.8, 4) is 0 Å². The van der Waals surface area contributed by atoms with Crippen LogP contribution in [0.15, 0.2) is 42.6 Å². The van der Waals surface area contributed by atoms with Crippen LogP contribution in [-0.2, 0) is 17.8 Å². The number of carboxylic acid groups (broad SMARTS) is 1. The summed E-state index contributed by atoms with van der Waals surface area (Å²) in [6.07, 6.45) is 4.73. The molecule has 152 valence electrons. The lowest BCUT2D eigenvalue weighted by atomic mass is 10.0. The summed E-state index contributed by atoms with van der Waals surface area (Å²) in [5.41, 5.74) is 2.84. The Morgan fingerprint density at radius 3 is 2.62 bits per heavy atom. The molecule has 0 atom stereocenters. The van der Waals surface area contributed by atoms with E-state index >= 15 is 0 Å². The summed E-state index contributed by atoms with van der Waals surface area (Å²) in [5, 5.41) is 10.6. The van der Waals surface area contributed by atoms with Gasteiger partial charge in [0.25, 0.3) is 0 Å². The Morgan fingerprint density at radius 2 is 2.00 bits per heavy atom. The van der Waals surface area contributed by atoms with E-state index in [9.17, 15) is 9.90 Å². The number of hydrogen-bond donors (Lipinski definition) is 1. The number of hydrogen-bond acceptors (Lipinski definition) is 3. The molecule has 4 nitrogen and oxygen atoms in total. The number of aryl methyl sites for hydroxylation is 2. The van der Waals surface area contributed by atoms with Crippen LogP contribution in [-0.4, -0.2) is 20.6 Å². The number of allylic oxidation sites excluding steroid dienone is 1. The Balaban J connectivity index is 2.13. The van der Waals surface area contributed by atoms with E-state index in [-0.39, 0.29) is 0 Å². The van der Waals surface area contributed by atoms with E-state index in [1.165, 1.54) is 11.3 Å². The van der Waals surface area contributed by atoms with Gasteiger partial charge < -0.3 is 9.67 Å². The van der Waals surface area contributed by atoms with Crippen molar-refractivity contribution in [2.75, 3.05) is 0 Å². The average molecular weight is 429 g/mol. The minimum absolute atomic E-state index is 0.324. The topological polar surface area (TPSA) is 55.1 Å². The van der Waals surface area contributed by atoms with E-state index in [1.807, 2.05) is 50.2 Å². The van der Waals surface area contributed by atoms with E-state index in [4.69, 9.17) is 11.6 Å². The molecular weight excluding hydrogens is 404 g/mol. The van der Waals surface area contributed by atoms with E-state index in [1.54, 1.807) is 6.20 Å². The van der Waals surface area contributed by atoms with Crippen LogP contribution < -0.4 is 0 Å². The number of benzene rings is 1. The predicted molar refractivity (Wildman–Crippen MR) is 121 cm³/mol. The number of rotatable bonds is 8. The van der Waals surface area contributed by atoms with Gasteiger partial charge in [0.15, 0.2) is 0 Å². The molecule has 0 aliphatic heterocycles. The predicted octanol–water partition coefficient (Wildman–Crippen LogP) is 6.31. The molecule has 6 heteroatoms. The second-order valence-corrected chi connectivity index (χ2v) is 8.75. The number of imidazole rings is 1. The van der Waals surface area contributed by atoms with Crippen LogP contribution in [0.4, 0.5) is 0 Å².